The molecule has 0 aliphatic rings. The molecule has 1 aromatic heterocycles. The molecule has 3 rings (SSSR count). The number of oxazole rings is 1. The lowest BCUT2D eigenvalue weighted by Crippen LogP contribution is -2.12. The first-order valence-corrected chi connectivity index (χ1v) is 6.59. The molecule has 0 bridgehead atoms. The molecule has 5 nitrogen and oxygen atoms in total. The van der Waals surface area contributed by atoms with Crippen LogP contribution in [0.5, 0.6) is 0 Å². The van der Waals surface area contributed by atoms with Crippen molar-refractivity contribution >= 4 is 34.3 Å². The summed E-state index contributed by atoms with van der Waals surface area (Å²) in [5, 5.41) is 3.19. The van der Waals surface area contributed by atoms with E-state index in [1.54, 1.807) is 49.5 Å². The lowest BCUT2D eigenvalue weighted by atomic mass is 10.2. The van der Waals surface area contributed by atoms with Gasteiger partial charge in [-0.15, -0.1) is 0 Å². The van der Waals surface area contributed by atoms with Gasteiger partial charge in [-0.3, -0.25) is 9.36 Å². The third-order valence-corrected chi connectivity index (χ3v) is 3.51. The van der Waals surface area contributed by atoms with E-state index in [4.69, 9.17) is 16.0 Å². The fraction of sp³-hybridized carbons (Fsp3) is 0.0667. The van der Waals surface area contributed by atoms with Crippen LogP contribution in [-0.4, -0.2) is 10.5 Å². The largest absolute Gasteiger partial charge is 0.419 e. The van der Waals surface area contributed by atoms with Crippen molar-refractivity contribution in [2.24, 2.45) is 7.05 Å². The van der Waals surface area contributed by atoms with Crippen molar-refractivity contribution in [3.63, 3.8) is 0 Å². The minimum atomic E-state index is -0.464. The number of rotatable bonds is 2. The van der Waals surface area contributed by atoms with Gasteiger partial charge in [0.1, 0.15) is 0 Å². The van der Waals surface area contributed by atoms with Crippen LogP contribution >= 0.6 is 11.6 Å². The Hall–Kier alpha value is -2.53. The quantitative estimate of drug-likeness (QED) is 0.791. The highest BCUT2D eigenvalue weighted by Gasteiger charge is 2.12. The van der Waals surface area contributed by atoms with E-state index in [2.05, 4.69) is 5.32 Å². The Balaban J connectivity index is 1.97. The lowest BCUT2D eigenvalue weighted by molar-refractivity contribution is 0.102. The molecule has 0 fully saturated rings. The minimum Gasteiger partial charge on any atom is -0.408 e. The van der Waals surface area contributed by atoms with Crippen molar-refractivity contribution in [1.82, 2.24) is 4.57 Å². The number of aryl methyl sites for hydroxylation is 1. The van der Waals surface area contributed by atoms with E-state index in [0.717, 1.165) is 0 Å². The normalized spacial score (nSPS) is 10.8. The van der Waals surface area contributed by atoms with Gasteiger partial charge in [-0.1, -0.05) is 23.7 Å². The fourth-order valence-corrected chi connectivity index (χ4v) is 2.21. The zero-order valence-corrected chi connectivity index (χ0v) is 11.8. The number of amides is 1. The van der Waals surface area contributed by atoms with Crippen LogP contribution in [-0.2, 0) is 7.05 Å². The summed E-state index contributed by atoms with van der Waals surface area (Å²) >= 11 is 6.00. The van der Waals surface area contributed by atoms with Crippen molar-refractivity contribution in [2.75, 3.05) is 5.32 Å². The minimum absolute atomic E-state index is 0.307. The molecule has 0 saturated heterocycles. The maximum atomic E-state index is 12.2. The van der Waals surface area contributed by atoms with Crippen LogP contribution in [0.2, 0.25) is 5.02 Å². The second-order valence-electron chi connectivity index (χ2n) is 4.54. The SMILES string of the molecule is Cn1c(=O)oc2ccc(C(=O)Nc3ccccc3Cl)cc21. The highest BCUT2D eigenvalue weighted by atomic mass is 35.5. The monoisotopic (exact) mass is 302 g/mol. The Morgan fingerprint density at radius 1 is 1.24 bits per heavy atom. The van der Waals surface area contributed by atoms with Gasteiger partial charge in [0, 0.05) is 12.6 Å². The van der Waals surface area contributed by atoms with Gasteiger partial charge in [0.25, 0.3) is 5.91 Å². The number of fused-ring (bicyclic) bond motifs is 1. The first kappa shape index (κ1) is 13.5. The summed E-state index contributed by atoms with van der Waals surface area (Å²) in [4.78, 5) is 23.7. The maximum absolute atomic E-state index is 12.2. The number of halogens is 1. The standard InChI is InChI=1S/C15H11ClN2O3/c1-18-12-8-9(6-7-13(12)21-15(18)20)14(19)17-11-5-3-2-4-10(11)16/h2-8H,1H3,(H,17,19). The number of carbonyl (C=O) groups excluding carboxylic acids is 1. The van der Waals surface area contributed by atoms with E-state index in [-0.39, 0.29) is 5.91 Å². The number of benzene rings is 2. The molecule has 2 aromatic carbocycles. The van der Waals surface area contributed by atoms with Crippen LogP contribution in [0.3, 0.4) is 0 Å². The van der Waals surface area contributed by atoms with E-state index in [9.17, 15) is 9.59 Å². The highest BCUT2D eigenvalue weighted by molar-refractivity contribution is 6.33. The Labute approximate surface area is 124 Å². The third-order valence-electron chi connectivity index (χ3n) is 3.18. The second-order valence-corrected chi connectivity index (χ2v) is 4.95. The molecule has 0 radical (unpaired) electrons. The van der Waals surface area contributed by atoms with E-state index in [1.165, 1.54) is 4.57 Å². The number of carbonyl (C=O) groups is 1. The molecule has 0 aliphatic heterocycles. The van der Waals surface area contributed by atoms with Crippen molar-refractivity contribution in [3.05, 3.63) is 63.6 Å². The van der Waals surface area contributed by atoms with Crippen LogP contribution in [0, 0.1) is 0 Å². The van der Waals surface area contributed by atoms with Crippen LogP contribution in [0.1, 0.15) is 10.4 Å². The molecule has 21 heavy (non-hydrogen) atoms. The van der Waals surface area contributed by atoms with E-state index < -0.39 is 5.76 Å². The van der Waals surface area contributed by atoms with Gasteiger partial charge >= 0.3 is 5.76 Å². The lowest BCUT2D eigenvalue weighted by Gasteiger charge is -2.07. The van der Waals surface area contributed by atoms with Gasteiger partial charge in [-0.05, 0) is 30.3 Å². The topological polar surface area (TPSA) is 64.2 Å². The summed E-state index contributed by atoms with van der Waals surface area (Å²) in [5.74, 6) is -0.771. The molecule has 106 valence electrons. The van der Waals surface area contributed by atoms with Crippen molar-refractivity contribution in [3.8, 4) is 0 Å². The van der Waals surface area contributed by atoms with Crippen LogP contribution in [0.4, 0.5) is 5.69 Å². The van der Waals surface area contributed by atoms with Gasteiger partial charge < -0.3 is 9.73 Å². The molecule has 0 aliphatic carbocycles. The Morgan fingerprint density at radius 3 is 2.76 bits per heavy atom. The van der Waals surface area contributed by atoms with Crippen LogP contribution in [0.15, 0.2) is 51.7 Å². The Morgan fingerprint density at radius 2 is 2.00 bits per heavy atom. The number of aromatic nitrogens is 1. The third kappa shape index (κ3) is 2.43. The summed E-state index contributed by atoms with van der Waals surface area (Å²) in [6.45, 7) is 0. The molecular weight excluding hydrogens is 292 g/mol. The maximum Gasteiger partial charge on any atom is 0.419 e. The van der Waals surface area contributed by atoms with Gasteiger partial charge in [-0.2, -0.15) is 0 Å². The number of nitrogens with zero attached hydrogens (tertiary/aromatic N) is 1. The zero-order chi connectivity index (χ0) is 15.0. The summed E-state index contributed by atoms with van der Waals surface area (Å²) in [7, 11) is 1.59. The van der Waals surface area contributed by atoms with Crippen LogP contribution in [0.25, 0.3) is 11.1 Å². The molecule has 3 aromatic rings. The molecule has 0 atom stereocenters. The molecule has 6 heteroatoms. The van der Waals surface area contributed by atoms with E-state index in [0.29, 0.717) is 27.4 Å². The molecule has 0 unspecified atom stereocenters. The second kappa shape index (κ2) is 5.10. The van der Waals surface area contributed by atoms with Gasteiger partial charge in [-0.25, -0.2) is 4.79 Å². The number of para-hydroxylation sites is 1. The van der Waals surface area contributed by atoms with Crippen LogP contribution < -0.4 is 11.1 Å². The summed E-state index contributed by atoms with van der Waals surface area (Å²) in [5.41, 5.74) is 1.95. The molecule has 0 saturated carbocycles. The number of hydrogen-bond acceptors (Lipinski definition) is 3. The molecule has 1 N–H and O–H groups in total. The number of nitrogens with one attached hydrogen (secondary N) is 1. The Kier molecular flexibility index (Phi) is 3.27. The van der Waals surface area contributed by atoms with Gasteiger partial charge in [0.15, 0.2) is 5.58 Å². The first-order chi connectivity index (χ1) is 10.1. The zero-order valence-electron chi connectivity index (χ0n) is 11.1. The molecule has 1 amide bonds. The summed E-state index contributed by atoms with van der Waals surface area (Å²) in [6.07, 6.45) is 0. The van der Waals surface area contributed by atoms with Crippen molar-refractivity contribution in [1.29, 1.82) is 0 Å². The van der Waals surface area contributed by atoms with Gasteiger partial charge in [0.05, 0.1) is 16.2 Å². The van der Waals surface area contributed by atoms with E-state index in [1.807, 2.05) is 0 Å². The average Bonchev–Trinajstić information content (AvgIpc) is 2.76. The highest BCUT2D eigenvalue weighted by Crippen LogP contribution is 2.22. The molecular formula is C15H11ClN2O3. The van der Waals surface area contributed by atoms with Crippen molar-refractivity contribution in [2.45, 2.75) is 0 Å². The molecule has 0 spiro atoms. The van der Waals surface area contributed by atoms with E-state index >= 15 is 0 Å². The predicted molar refractivity (Wildman–Crippen MR) is 80.9 cm³/mol. The van der Waals surface area contributed by atoms with Crippen molar-refractivity contribution < 1.29 is 9.21 Å². The first-order valence-electron chi connectivity index (χ1n) is 6.22. The molecule has 1 heterocycles. The Bertz CT molecular complexity index is 895. The summed E-state index contributed by atoms with van der Waals surface area (Å²) < 4.78 is 6.37. The predicted octanol–water partition coefficient (Wildman–Crippen LogP) is 3.04. The number of anilines is 1. The fourth-order valence-electron chi connectivity index (χ4n) is 2.02. The van der Waals surface area contributed by atoms with Gasteiger partial charge in [0.2, 0.25) is 0 Å². The smallest absolute Gasteiger partial charge is 0.408 e. The summed E-state index contributed by atoms with van der Waals surface area (Å²) in [6, 6.07) is 11.8. The average molecular weight is 303 g/mol. The number of hydrogen-bond donors (Lipinski definition) is 1.